The number of alkyl halides is 2. The lowest BCUT2D eigenvalue weighted by molar-refractivity contribution is 0.0215. The molecule has 0 saturated heterocycles. The van der Waals surface area contributed by atoms with E-state index in [1.165, 1.54) is 12.8 Å². The molecule has 0 unspecified atom stereocenters. The molecule has 0 amide bonds. The molecule has 1 fully saturated rings. The maximum Gasteiger partial charge on any atom is 0.287 e. The lowest BCUT2D eigenvalue weighted by Gasteiger charge is -2.14. The molecule has 0 bridgehead atoms. The van der Waals surface area contributed by atoms with Crippen molar-refractivity contribution in [1.29, 1.82) is 5.41 Å². The van der Waals surface area contributed by atoms with E-state index >= 15 is 0 Å². The first kappa shape index (κ1) is 10.6. The number of rotatable bonds is 6. The van der Waals surface area contributed by atoms with Crippen molar-refractivity contribution in [2.24, 2.45) is 5.92 Å². The minimum atomic E-state index is -2.98. The monoisotopic (exact) mass is 191 g/mol. The third-order valence-electron chi connectivity index (χ3n) is 2.16. The molecule has 0 radical (unpaired) electrons. The van der Waals surface area contributed by atoms with E-state index in [1.54, 1.807) is 0 Å². The Hall–Kier alpha value is -0.510. The molecule has 0 aromatic rings. The van der Waals surface area contributed by atoms with Crippen molar-refractivity contribution in [3.8, 4) is 0 Å². The molecule has 1 aliphatic rings. The summed E-state index contributed by atoms with van der Waals surface area (Å²) in [6, 6.07) is 0. The second-order valence-corrected chi connectivity index (χ2v) is 3.60. The Labute approximate surface area is 76.8 Å². The summed E-state index contributed by atoms with van der Waals surface area (Å²) in [7, 11) is 0. The molecular formula is C9H15F2NO. The van der Waals surface area contributed by atoms with E-state index in [0.717, 1.165) is 6.92 Å². The van der Waals surface area contributed by atoms with Crippen molar-refractivity contribution >= 4 is 5.71 Å². The third-order valence-corrected chi connectivity index (χ3v) is 2.16. The Morgan fingerprint density at radius 3 is 2.62 bits per heavy atom. The fraction of sp³-hybridized carbons (Fsp3) is 0.889. The van der Waals surface area contributed by atoms with E-state index in [-0.39, 0.29) is 13.0 Å². The highest BCUT2D eigenvalue weighted by Crippen LogP contribution is 2.29. The van der Waals surface area contributed by atoms with E-state index in [4.69, 9.17) is 10.1 Å². The Morgan fingerprint density at radius 2 is 2.15 bits per heavy atom. The van der Waals surface area contributed by atoms with Crippen LogP contribution in [0.5, 0.6) is 0 Å². The van der Waals surface area contributed by atoms with Crippen molar-refractivity contribution in [3.63, 3.8) is 0 Å². The Bertz CT molecular complexity index is 190. The molecular weight excluding hydrogens is 176 g/mol. The molecule has 0 heterocycles. The minimum Gasteiger partial charge on any atom is -0.381 e. The van der Waals surface area contributed by atoms with Crippen molar-refractivity contribution in [3.05, 3.63) is 0 Å². The van der Waals surface area contributed by atoms with Gasteiger partial charge in [-0.3, -0.25) is 0 Å². The van der Waals surface area contributed by atoms with Crippen LogP contribution in [0, 0.1) is 11.3 Å². The highest BCUT2D eigenvalue weighted by atomic mass is 19.3. The van der Waals surface area contributed by atoms with Gasteiger partial charge >= 0.3 is 0 Å². The summed E-state index contributed by atoms with van der Waals surface area (Å²) in [5.74, 6) is -2.38. The van der Waals surface area contributed by atoms with Crippen LogP contribution in [0.2, 0.25) is 0 Å². The smallest absolute Gasteiger partial charge is 0.287 e. The molecule has 1 rings (SSSR count). The molecule has 13 heavy (non-hydrogen) atoms. The zero-order valence-corrected chi connectivity index (χ0v) is 7.78. The first-order valence-corrected chi connectivity index (χ1v) is 4.53. The lowest BCUT2D eigenvalue weighted by Crippen LogP contribution is -2.27. The third kappa shape index (κ3) is 3.81. The van der Waals surface area contributed by atoms with Crippen LogP contribution >= 0.6 is 0 Å². The Morgan fingerprint density at radius 1 is 1.54 bits per heavy atom. The van der Waals surface area contributed by atoms with Gasteiger partial charge < -0.3 is 10.1 Å². The normalized spacial score (nSPS) is 17.5. The van der Waals surface area contributed by atoms with E-state index in [1.807, 2.05) is 0 Å². The van der Waals surface area contributed by atoms with Gasteiger partial charge in [0, 0.05) is 13.0 Å². The van der Waals surface area contributed by atoms with Gasteiger partial charge in [-0.15, -0.1) is 0 Å². The number of hydrogen-bond acceptors (Lipinski definition) is 2. The quantitative estimate of drug-likeness (QED) is 0.507. The van der Waals surface area contributed by atoms with Crippen LogP contribution < -0.4 is 0 Å². The summed E-state index contributed by atoms with van der Waals surface area (Å²) >= 11 is 0. The largest absolute Gasteiger partial charge is 0.381 e. The highest BCUT2D eigenvalue weighted by Gasteiger charge is 2.31. The average Bonchev–Trinajstić information content (AvgIpc) is 2.81. The maximum atomic E-state index is 12.8. The first-order valence-electron chi connectivity index (χ1n) is 4.53. The van der Waals surface area contributed by atoms with Gasteiger partial charge in [0.05, 0.1) is 12.3 Å². The maximum absolute atomic E-state index is 12.8. The minimum absolute atomic E-state index is 0.0553. The summed E-state index contributed by atoms with van der Waals surface area (Å²) in [6.45, 7) is 1.79. The molecule has 1 saturated carbocycles. The second kappa shape index (κ2) is 4.13. The number of ether oxygens (including phenoxy) is 1. The van der Waals surface area contributed by atoms with E-state index < -0.39 is 11.6 Å². The molecule has 4 heteroatoms. The predicted octanol–water partition coefficient (Wildman–Crippen LogP) is 2.48. The summed E-state index contributed by atoms with van der Waals surface area (Å²) in [6.07, 6.45) is 1.97. The van der Waals surface area contributed by atoms with Crippen molar-refractivity contribution < 1.29 is 13.5 Å². The molecule has 0 aromatic heterocycles. The van der Waals surface area contributed by atoms with Crippen LogP contribution in [0.3, 0.4) is 0 Å². The molecule has 0 aromatic carbocycles. The average molecular weight is 191 g/mol. The zero-order chi connectivity index (χ0) is 9.90. The van der Waals surface area contributed by atoms with Crippen LogP contribution in [0.1, 0.15) is 26.2 Å². The van der Waals surface area contributed by atoms with E-state index in [2.05, 4.69) is 0 Å². The number of hydrogen-bond donors (Lipinski definition) is 1. The number of halogens is 2. The summed E-state index contributed by atoms with van der Waals surface area (Å²) in [5.41, 5.74) is -0.581. The van der Waals surface area contributed by atoms with Crippen molar-refractivity contribution in [2.75, 3.05) is 13.2 Å². The summed E-state index contributed by atoms with van der Waals surface area (Å²) < 4.78 is 30.6. The topological polar surface area (TPSA) is 33.1 Å². The molecule has 1 aliphatic carbocycles. The van der Waals surface area contributed by atoms with Gasteiger partial charge in [0.1, 0.15) is 0 Å². The fourth-order valence-corrected chi connectivity index (χ4v) is 0.922. The lowest BCUT2D eigenvalue weighted by atomic mass is 10.2. The number of nitrogens with one attached hydrogen (secondary N) is 1. The Balaban J connectivity index is 2.05. The first-order chi connectivity index (χ1) is 6.02. The van der Waals surface area contributed by atoms with E-state index in [9.17, 15) is 8.78 Å². The van der Waals surface area contributed by atoms with Gasteiger partial charge in [-0.2, -0.15) is 8.78 Å². The molecule has 0 atom stereocenters. The second-order valence-electron chi connectivity index (χ2n) is 3.60. The van der Waals surface area contributed by atoms with Gasteiger partial charge in [0.15, 0.2) is 0 Å². The standard InChI is InChI=1S/C9H15F2NO/c1-7(12)9(10,11)4-5-13-6-8-2-3-8/h8,12H,2-6H2,1H3. The van der Waals surface area contributed by atoms with Gasteiger partial charge in [-0.1, -0.05) is 0 Å². The zero-order valence-electron chi connectivity index (χ0n) is 7.78. The fourth-order valence-electron chi connectivity index (χ4n) is 0.922. The molecule has 1 N–H and O–H groups in total. The van der Waals surface area contributed by atoms with Crippen LogP contribution in [-0.4, -0.2) is 24.8 Å². The van der Waals surface area contributed by atoms with Crippen LogP contribution in [0.25, 0.3) is 0 Å². The molecule has 0 aliphatic heterocycles. The van der Waals surface area contributed by atoms with Crippen molar-refractivity contribution in [2.45, 2.75) is 32.1 Å². The van der Waals surface area contributed by atoms with Crippen LogP contribution in [0.4, 0.5) is 8.78 Å². The summed E-state index contributed by atoms with van der Waals surface area (Å²) in [4.78, 5) is 0. The Kier molecular flexibility index (Phi) is 3.36. The van der Waals surface area contributed by atoms with Crippen LogP contribution in [-0.2, 0) is 4.74 Å². The van der Waals surface area contributed by atoms with Crippen LogP contribution in [0.15, 0.2) is 0 Å². The SMILES string of the molecule is CC(=N)C(F)(F)CCOCC1CC1. The van der Waals surface area contributed by atoms with Gasteiger partial charge in [-0.05, 0) is 25.7 Å². The summed E-state index contributed by atoms with van der Waals surface area (Å²) in [5, 5.41) is 6.82. The van der Waals surface area contributed by atoms with Gasteiger partial charge in [-0.25, -0.2) is 0 Å². The van der Waals surface area contributed by atoms with Crippen molar-refractivity contribution in [1.82, 2.24) is 0 Å². The predicted molar refractivity (Wildman–Crippen MR) is 46.5 cm³/mol. The van der Waals surface area contributed by atoms with Gasteiger partial charge in [0.25, 0.3) is 5.92 Å². The van der Waals surface area contributed by atoms with Gasteiger partial charge in [0.2, 0.25) is 0 Å². The molecule has 2 nitrogen and oxygen atoms in total. The molecule has 0 spiro atoms. The highest BCUT2D eigenvalue weighted by molar-refractivity contribution is 5.85. The van der Waals surface area contributed by atoms with E-state index in [0.29, 0.717) is 12.5 Å². The molecule has 76 valence electrons.